The maximum absolute atomic E-state index is 12.1. The normalized spacial score (nSPS) is 15.1. The maximum atomic E-state index is 12.1. The largest absolute Gasteiger partial charge is 0.477 e. The first-order chi connectivity index (χ1) is 8.79. The summed E-state index contributed by atoms with van der Waals surface area (Å²) >= 11 is 0. The van der Waals surface area contributed by atoms with E-state index in [0.29, 0.717) is 0 Å². The number of amides is 1. The van der Waals surface area contributed by atoms with Crippen LogP contribution in [0.15, 0.2) is 6.20 Å². The zero-order valence-electron chi connectivity index (χ0n) is 9.36. The molecule has 1 heterocycles. The van der Waals surface area contributed by atoms with Gasteiger partial charge in [0.25, 0.3) is 0 Å². The van der Waals surface area contributed by atoms with Gasteiger partial charge in [0, 0.05) is 12.1 Å². The molecule has 1 aromatic rings. The van der Waals surface area contributed by atoms with Gasteiger partial charge < -0.3 is 10.4 Å². The second-order valence-corrected chi connectivity index (χ2v) is 4.02. The Hall–Kier alpha value is -2.19. The van der Waals surface area contributed by atoms with Gasteiger partial charge in [-0.15, -0.1) is 0 Å². The van der Waals surface area contributed by atoms with E-state index in [1.807, 2.05) is 0 Å². The topological polar surface area (TPSA) is 92.2 Å². The monoisotopic (exact) mass is 275 g/mol. The summed E-state index contributed by atoms with van der Waals surface area (Å²) in [7, 11) is 0. The molecule has 102 valence electrons. The molecule has 1 aliphatic carbocycles. The zero-order chi connectivity index (χ0) is 14.2. The predicted octanol–water partition coefficient (Wildman–Crippen LogP) is 1.55. The van der Waals surface area contributed by atoms with Crippen LogP contribution in [0.2, 0.25) is 0 Å². The fourth-order valence-electron chi connectivity index (χ4n) is 1.36. The van der Waals surface area contributed by atoms with Crippen molar-refractivity contribution in [2.75, 3.05) is 5.32 Å². The van der Waals surface area contributed by atoms with Crippen LogP contribution in [0, 0.1) is 0 Å². The average molecular weight is 275 g/mol. The fourth-order valence-corrected chi connectivity index (χ4v) is 1.36. The summed E-state index contributed by atoms with van der Waals surface area (Å²) in [5.74, 6) is -4.16. The van der Waals surface area contributed by atoms with E-state index < -0.39 is 29.4 Å². The number of halogens is 3. The predicted molar refractivity (Wildman–Crippen MR) is 55.7 cm³/mol. The minimum Gasteiger partial charge on any atom is -0.477 e. The number of anilines is 1. The molecular weight excluding hydrogens is 267 g/mol. The Kier molecular flexibility index (Phi) is 3.13. The molecule has 2 rings (SSSR count). The molecule has 0 radical (unpaired) electrons. The zero-order valence-corrected chi connectivity index (χ0v) is 9.36. The highest BCUT2D eigenvalue weighted by Gasteiger charge is 2.40. The van der Waals surface area contributed by atoms with E-state index in [-0.39, 0.29) is 11.7 Å². The molecular formula is C10H8F3N3O3. The van der Waals surface area contributed by atoms with Gasteiger partial charge in [0.2, 0.25) is 0 Å². The molecule has 19 heavy (non-hydrogen) atoms. The smallest absolute Gasteiger partial charge is 0.471 e. The number of nitrogens with zero attached hydrogens (tertiary/aromatic N) is 2. The second kappa shape index (κ2) is 4.48. The van der Waals surface area contributed by atoms with E-state index in [2.05, 4.69) is 9.97 Å². The molecule has 0 atom stereocenters. The Morgan fingerprint density at radius 3 is 2.47 bits per heavy atom. The lowest BCUT2D eigenvalue weighted by molar-refractivity contribution is -0.167. The number of hydrogen-bond acceptors (Lipinski definition) is 4. The third-order valence-electron chi connectivity index (χ3n) is 2.47. The van der Waals surface area contributed by atoms with Crippen LogP contribution in [0.4, 0.5) is 19.0 Å². The van der Waals surface area contributed by atoms with Crippen molar-refractivity contribution in [3.8, 4) is 0 Å². The first kappa shape index (κ1) is 13.2. The van der Waals surface area contributed by atoms with Crippen molar-refractivity contribution < 1.29 is 27.9 Å². The van der Waals surface area contributed by atoms with Crippen LogP contribution in [-0.2, 0) is 4.79 Å². The summed E-state index contributed by atoms with van der Waals surface area (Å²) in [5, 5.41) is 10.3. The van der Waals surface area contributed by atoms with E-state index in [1.165, 1.54) is 5.32 Å². The molecule has 0 unspecified atom stereocenters. The molecule has 0 aliphatic heterocycles. The lowest BCUT2D eigenvalue weighted by Gasteiger charge is -2.10. The molecule has 6 nitrogen and oxygen atoms in total. The number of hydrogen-bond donors (Lipinski definition) is 2. The quantitative estimate of drug-likeness (QED) is 0.873. The van der Waals surface area contributed by atoms with E-state index in [4.69, 9.17) is 5.11 Å². The van der Waals surface area contributed by atoms with E-state index in [1.54, 1.807) is 0 Å². The third kappa shape index (κ3) is 2.98. The molecule has 1 aliphatic rings. The van der Waals surface area contributed by atoms with Crippen LogP contribution < -0.4 is 5.32 Å². The Morgan fingerprint density at radius 2 is 2.00 bits per heavy atom. The summed E-state index contributed by atoms with van der Waals surface area (Å²) in [5.41, 5.74) is -0.581. The molecule has 1 fully saturated rings. The van der Waals surface area contributed by atoms with Gasteiger partial charge in [-0.25, -0.2) is 14.8 Å². The van der Waals surface area contributed by atoms with Crippen LogP contribution in [0.25, 0.3) is 0 Å². The number of aromatic nitrogens is 2. The molecule has 9 heteroatoms. The summed E-state index contributed by atoms with van der Waals surface area (Å²) in [4.78, 5) is 29.1. The molecule has 0 bridgehead atoms. The highest BCUT2D eigenvalue weighted by molar-refractivity contribution is 6.00. The molecule has 1 aromatic heterocycles. The van der Waals surface area contributed by atoms with Crippen LogP contribution in [0.3, 0.4) is 0 Å². The lowest BCUT2D eigenvalue weighted by atomic mass is 10.3. The second-order valence-electron chi connectivity index (χ2n) is 4.02. The summed E-state index contributed by atoms with van der Waals surface area (Å²) < 4.78 is 36.4. The number of carbonyl (C=O) groups excluding carboxylic acids is 1. The van der Waals surface area contributed by atoms with Crippen molar-refractivity contribution >= 4 is 17.7 Å². The Morgan fingerprint density at radius 1 is 1.37 bits per heavy atom. The van der Waals surface area contributed by atoms with Crippen molar-refractivity contribution in [1.29, 1.82) is 0 Å². The lowest BCUT2D eigenvalue weighted by Crippen LogP contribution is -2.31. The van der Waals surface area contributed by atoms with Gasteiger partial charge in [-0.3, -0.25) is 4.79 Å². The molecule has 0 saturated heterocycles. The summed E-state index contributed by atoms with van der Waals surface area (Å²) in [6.07, 6.45) is -2.63. The number of carboxylic acid groups (broad SMARTS) is 1. The maximum Gasteiger partial charge on any atom is 0.471 e. The number of aromatic carboxylic acids is 1. The van der Waals surface area contributed by atoms with Crippen molar-refractivity contribution in [2.24, 2.45) is 0 Å². The van der Waals surface area contributed by atoms with Gasteiger partial charge in [0.1, 0.15) is 11.4 Å². The van der Waals surface area contributed by atoms with Gasteiger partial charge >= 0.3 is 18.1 Å². The van der Waals surface area contributed by atoms with Gasteiger partial charge in [-0.1, -0.05) is 0 Å². The first-order valence-electron chi connectivity index (χ1n) is 5.27. The van der Waals surface area contributed by atoms with Crippen molar-refractivity contribution in [3.63, 3.8) is 0 Å². The average Bonchev–Trinajstić information content (AvgIpc) is 3.10. The fraction of sp³-hybridized carbons (Fsp3) is 0.400. The summed E-state index contributed by atoms with van der Waals surface area (Å²) in [6, 6.07) is 0. The van der Waals surface area contributed by atoms with Gasteiger partial charge in [0.15, 0.2) is 5.82 Å². The number of rotatable bonds is 3. The minimum atomic E-state index is -5.11. The standard InChI is InChI=1S/C10H8F3N3O3/c11-10(12,13)9(19)16-7-5(8(17)18)3-14-6(15-7)4-1-2-4/h3-4H,1-2H2,(H,17,18)(H,14,15,16,19). The molecule has 1 amide bonds. The first-order valence-corrected chi connectivity index (χ1v) is 5.27. The van der Waals surface area contributed by atoms with Crippen LogP contribution in [0.1, 0.15) is 34.9 Å². The molecule has 0 spiro atoms. The van der Waals surface area contributed by atoms with Gasteiger partial charge in [0.05, 0.1) is 0 Å². The highest BCUT2D eigenvalue weighted by atomic mass is 19.4. The number of nitrogens with one attached hydrogen (secondary N) is 1. The van der Waals surface area contributed by atoms with E-state index >= 15 is 0 Å². The number of alkyl halides is 3. The summed E-state index contributed by atoms with van der Waals surface area (Å²) in [6.45, 7) is 0. The van der Waals surface area contributed by atoms with Gasteiger partial charge in [-0.05, 0) is 12.8 Å². The van der Waals surface area contributed by atoms with Crippen molar-refractivity contribution in [2.45, 2.75) is 24.9 Å². The van der Waals surface area contributed by atoms with Crippen LogP contribution in [-0.4, -0.2) is 33.1 Å². The minimum absolute atomic E-state index is 0.0179. The third-order valence-corrected chi connectivity index (χ3v) is 2.47. The number of carboxylic acids is 1. The van der Waals surface area contributed by atoms with Crippen molar-refractivity contribution in [1.82, 2.24) is 9.97 Å². The highest BCUT2D eigenvalue weighted by Crippen LogP contribution is 2.38. The molecule has 0 aromatic carbocycles. The Balaban J connectivity index is 2.32. The number of carbonyl (C=O) groups is 2. The Labute approximate surface area is 104 Å². The van der Waals surface area contributed by atoms with E-state index in [9.17, 15) is 22.8 Å². The SMILES string of the molecule is O=C(O)c1cnc(C2CC2)nc1NC(=O)C(F)(F)F. The van der Waals surface area contributed by atoms with Gasteiger partial charge in [-0.2, -0.15) is 13.2 Å². The Bertz CT molecular complexity index is 541. The molecule has 1 saturated carbocycles. The molecule has 2 N–H and O–H groups in total. The van der Waals surface area contributed by atoms with Crippen LogP contribution in [0.5, 0.6) is 0 Å². The van der Waals surface area contributed by atoms with Crippen LogP contribution >= 0.6 is 0 Å². The van der Waals surface area contributed by atoms with Crippen molar-refractivity contribution in [3.05, 3.63) is 17.6 Å². The van der Waals surface area contributed by atoms with E-state index in [0.717, 1.165) is 19.0 Å².